The van der Waals surface area contributed by atoms with Crippen LogP contribution in [0.4, 0.5) is 0 Å². The van der Waals surface area contributed by atoms with Gasteiger partial charge in [0.2, 0.25) is 5.91 Å². The Morgan fingerprint density at radius 2 is 1.94 bits per heavy atom. The van der Waals surface area contributed by atoms with Gasteiger partial charge in [-0.3, -0.25) is 4.79 Å². The molecule has 1 aliphatic rings. The first-order valence-electron chi connectivity index (χ1n) is 7.40. The van der Waals surface area contributed by atoms with Crippen LogP contribution in [0.2, 0.25) is 0 Å². The van der Waals surface area contributed by atoms with Crippen LogP contribution in [-0.4, -0.2) is 19.0 Å². The molecule has 1 unspecified atom stereocenters. The fraction of sp³-hybridized carbons (Fsp3) is 0.933. The van der Waals surface area contributed by atoms with Crippen molar-refractivity contribution >= 4 is 5.91 Å². The van der Waals surface area contributed by atoms with Crippen LogP contribution in [-0.2, 0) is 4.79 Å². The molecule has 1 amide bonds. The quantitative estimate of drug-likeness (QED) is 0.765. The first-order chi connectivity index (χ1) is 8.42. The molecule has 0 aromatic heterocycles. The van der Waals surface area contributed by atoms with Crippen molar-refractivity contribution in [1.29, 1.82) is 0 Å². The molecule has 0 heterocycles. The predicted octanol–water partition coefficient (Wildman–Crippen LogP) is 2.69. The molecule has 1 atom stereocenters. The number of rotatable bonds is 6. The van der Waals surface area contributed by atoms with E-state index >= 15 is 0 Å². The van der Waals surface area contributed by atoms with Gasteiger partial charge in [0.05, 0.1) is 5.92 Å². The summed E-state index contributed by atoms with van der Waals surface area (Å²) in [6, 6.07) is 0. The molecule has 0 radical (unpaired) electrons. The summed E-state index contributed by atoms with van der Waals surface area (Å²) in [4.78, 5) is 12.0. The third kappa shape index (κ3) is 5.85. The van der Waals surface area contributed by atoms with Crippen molar-refractivity contribution < 1.29 is 4.79 Å². The Bertz CT molecular complexity index is 252. The summed E-state index contributed by atoms with van der Waals surface area (Å²) in [5, 5.41) is 3.06. The average Bonchev–Trinajstić information content (AvgIpc) is 2.77. The lowest BCUT2D eigenvalue weighted by Gasteiger charge is -2.24. The zero-order chi connectivity index (χ0) is 13.6. The van der Waals surface area contributed by atoms with E-state index in [1.807, 2.05) is 0 Å². The first-order valence-corrected chi connectivity index (χ1v) is 7.40. The third-order valence-corrected chi connectivity index (χ3v) is 3.84. The van der Waals surface area contributed by atoms with E-state index in [-0.39, 0.29) is 17.2 Å². The molecule has 1 saturated carbocycles. The van der Waals surface area contributed by atoms with Gasteiger partial charge >= 0.3 is 0 Å². The Morgan fingerprint density at radius 3 is 2.44 bits per heavy atom. The Morgan fingerprint density at radius 1 is 1.33 bits per heavy atom. The van der Waals surface area contributed by atoms with Gasteiger partial charge in [-0.25, -0.2) is 0 Å². The van der Waals surface area contributed by atoms with Crippen molar-refractivity contribution in [2.45, 2.75) is 59.3 Å². The van der Waals surface area contributed by atoms with Crippen LogP contribution in [0.3, 0.4) is 0 Å². The summed E-state index contributed by atoms with van der Waals surface area (Å²) in [7, 11) is 0. The van der Waals surface area contributed by atoms with Crippen LogP contribution in [0, 0.1) is 17.3 Å². The van der Waals surface area contributed by atoms with Crippen LogP contribution in [0.1, 0.15) is 59.3 Å². The van der Waals surface area contributed by atoms with Gasteiger partial charge in [-0.15, -0.1) is 0 Å². The molecule has 1 fully saturated rings. The van der Waals surface area contributed by atoms with E-state index < -0.39 is 0 Å². The summed E-state index contributed by atoms with van der Waals surface area (Å²) in [6.07, 6.45) is 7.43. The Labute approximate surface area is 112 Å². The van der Waals surface area contributed by atoms with Crippen molar-refractivity contribution in [3.05, 3.63) is 0 Å². The molecule has 18 heavy (non-hydrogen) atoms. The van der Waals surface area contributed by atoms with Gasteiger partial charge in [0.15, 0.2) is 0 Å². The summed E-state index contributed by atoms with van der Waals surface area (Å²) in [5.74, 6) is 0.947. The molecule has 106 valence electrons. The second-order valence-corrected chi connectivity index (χ2v) is 6.93. The van der Waals surface area contributed by atoms with E-state index in [0.29, 0.717) is 6.54 Å². The van der Waals surface area contributed by atoms with Gasteiger partial charge in [-0.1, -0.05) is 46.5 Å². The summed E-state index contributed by atoms with van der Waals surface area (Å²) in [5.41, 5.74) is 5.87. The number of hydrogen-bond donors (Lipinski definition) is 2. The molecule has 0 aromatic carbocycles. The summed E-state index contributed by atoms with van der Waals surface area (Å²) >= 11 is 0. The molecule has 0 aliphatic heterocycles. The second-order valence-electron chi connectivity index (χ2n) is 6.93. The lowest BCUT2D eigenvalue weighted by molar-refractivity contribution is -0.125. The largest absolute Gasteiger partial charge is 0.356 e. The normalized spacial score (nSPS) is 18.9. The van der Waals surface area contributed by atoms with Crippen LogP contribution in [0.15, 0.2) is 0 Å². The molecule has 0 saturated heterocycles. The predicted molar refractivity (Wildman–Crippen MR) is 76.2 cm³/mol. The number of nitrogens with one attached hydrogen (secondary N) is 1. The van der Waals surface area contributed by atoms with E-state index in [2.05, 4.69) is 26.1 Å². The van der Waals surface area contributed by atoms with Gasteiger partial charge in [-0.2, -0.15) is 0 Å². The van der Waals surface area contributed by atoms with E-state index in [1.54, 1.807) is 0 Å². The van der Waals surface area contributed by atoms with E-state index in [9.17, 15) is 4.79 Å². The molecule has 0 aromatic rings. The number of carbonyl (C=O) groups is 1. The van der Waals surface area contributed by atoms with E-state index in [4.69, 9.17) is 5.73 Å². The highest BCUT2D eigenvalue weighted by Gasteiger charge is 2.23. The molecule has 3 nitrogen and oxygen atoms in total. The fourth-order valence-corrected chi connectivity index (χ4v) is 2.87. The SMILES string of the molecule is CC(C)(C)CC(CN)C(=O)NCCC1CCCC1. The Hall–Kier alpha value is -0.570. The highest BCUT2D eigenvalue weighted by Crippen LogP contribution is 2.27. The van der Waals surface area contributed by atoms with Gasteiger partial charge in [0, 0.05) is 13.1 Å². The molecule has 3 N–H and O–H groups in total. The molecule has 1 rings (SSSR count). The number of hydrogen-bond acceptors (Lipinski definition) is 2. The van der Waals surface area contributed by atoms with Gasteiger partial charge in [-0.05, 0) is 24.2 Å². The topological polar surface area (TPSA) is 55.1 Å². The van der Waals surface area contributed by atoms with Crippen LogP contribution in [0.25, 0.3) is 0 Å². The molecule has 3 heteroatoms. The Balaban J connectivity index is 2.24. The number of carbonyl (C=O) groups excluding carboxylic acids is 1. The van der Waals surface area contributed by atoms with Crippen LogP contribution >= 0.6 is 0 Å². The monoisotopic (exact) mass is 254 g/mol. The highest BCUT2D eigenvalue weighted by atomic mass is 16.1. The van der Waals surface area contributed by atoms with Crippen LogP contribution < -0.4 is 11.1 Å². The first kappa shape index (κ1) is 15.5. The smallest absolute Gasteiger partial charge is 0.224 e. The van der Waals surface area contributed by atoms with Crippen LogP contribution in [0.5, 0.6) is 0 Å². The third-order valence-electron chi connectivity index (χ3n) is 3.84. The highest BCUT2D eigenvalue weighted by molar-refractivity contribution is 5.78. The second kappa shape index (κ2) is 7.13. The summed E-state index contributed by atoms with van der Waals surface area (Å²) < 4.78 is 0. The minimum atomic E-state index is -0.0337. The van der Waals surface area contributed by atoms with Crippen molar-refractivity contribution in [3.63, 3.8) is 0 Å². The molecular weight excluding hydrogens is 224 g/mol. The van der Waals surface area contributed by atoms with E-state index in [0.717, 1.165) is 25.3 Å². The standard InChI is InChI=1S/C15H30N2O/c1-15(2,3)10-13(11-16)14(18)17-9-8-12-6-4-5-7-12/h12-13H,4-11,16H2,1-3H3,(H,17,18). The van der Waals surface area contributed by atoms with Crippen molar-refractivity contribution in [1.82, 2.24) is 5.32 Å². The van der Waals surface area contributed by atoms with Crippen molar-refractivity contribution in [2.75, 3.05) is 13.1 Å². The summed E-state index contributed by atoms with van der Waals surface area (Å²) in [6.45, 7) is 7.74. The lowest BCUT2D eigenvalue weighted by atomic mass is 9.84. The number of nitrogens with two attached hydrogens (primary N) is 1. The van der Waals surface area contributed by atoms with E-state index in [1.165, 1.54) is 25.7 Å². The maximum absolute atomic E-state index is 12.0. The fourth-order valence-electron chi connectivity index (χ4n) is 2.87. The zero-order valence-corrected chi connectivity index (χ0v) is 12.3. The maximum Gasteiger partial charge on any atom is 0.224 e. The van der Waals surface area contributed by atoms with Crippen molar-refractivity contribution in [3.8, 4) is 0 Å². The van der Waals surface area contributed by atoms with Gasteiger partial charge in [0.25, 0.3) is 0 Å². The van der Waals surface area contributed by atoms with Crippen molar-refractivity contribution in [2.24, 2.45) is 23.0 Å². The number of amides is 1. The minimum absolute atomic E-state index is 0.0337. The van der Waals surface area contributed by atoms with Gasteiger partial charge < -0.3 is 11.1 Å². The zero-order valence-electron chi connectivity index (χ0n) is 12.3. The molecule has 1 aliphatic carbocycles. The maximum atomic E-state index is 12.0. The Kier molecular flexibility index (Phi) is 6.13. The lowest BCUT2D eigenvalue weighted by Crippen LogP contribution is -2.37. The molecule has 0 spiro atoms. The van der Waals surface area contributed by atoms with Gasteiger partial charge in [0.1, 0.15) is 0 Å². The molecule has 0 bridgehead atoms. The molecular formula is C15H30N2O. The minimum Gasteiger partial charge on any atom is -0.356 e. The average molecular weight is 254 g/mol.